The number of hydrogen-bond acceptors (Lipinski definition) is 5. The Morgan fingerprint density at radius 3 is 1.79 bits per heavy atom. The van der Waals surface area contributed by atoms with Crippen molar-refractivity contribution in [2.24, 2.45) is 0 Å². The van der Waals surface area contributed by atoms with E-state index in [0.717, 1.165) is 0 Å². The van der Waals surface area contributed by atoms with Crippen molar-refractivity contribution >= 4 is 23.1 Å². The van der Waals surface area contributed by atoms with Gasteiger partial charge in [-0.25, -0.2) is 9.59 Å². The molecule has 14 heavy (non-hydrogen) atoms. The van der Waals surface area contributed by atoms with Crippen LogP contribution in [0.3, 0.4) is 0 Å². The average Bonchev–Trinajstić information content (AvgIpc) is 2.04. The van der Waals surface area contributed by atoms with Crippen LogP contribution >= 0.6 is 0 Å². The van der Waals surface area contributed by atoms with Gasteiger partial charge in [-0.15, -0.1) is 0 Å². The fraction of sp³-hybridized carbons (Fsp3) is 0.750. The van der Waals surface area contributed by atoms with E-state index in [-0.39, 0.29) is 13.2 Å². The van der Waals surface area contributed by atoms with Crippen LogP contribution in [0.2, 0.25) is 0 Å². The standard InChI is InChI=1S/C8H14O5S/c1-4-12-7(9)6(14(3)11)8(10)13-5-2/h6H,4-5H2,1-3H3. The Morgan fingerprint density at radius 2 is 1.57 bits per heavy atom. The minimum atomic E-state index is -1.62. The third-order valence-corrected chi connectivity index (χ3v) is 2.38. The van der Waals surface area contributed by atoms with Crippen molar-refractivity contribution < 1.29 is 23.6 Å². The van der Waals surface area contributed by atoms with Gasteiger partial charge in [-0.3, -0.25) is 0 Å². The van der Waals surface area contributed by atoms with Gasteiger partial charge in [0.1, 0.15) is 0 Å². The molecule has 0 aliphatic rings. The first-order valence-electron chi connectivity index (χ1n) is 4.20. The highest BCUT2D eigenvalue weighted by atomic mass is 32.2. The number of rotatable bonds is 5. The summed E-state index contributed by atoms with van der Waals surface area (Å²) < 4.78 is 20.3. The van der Waals surface area contributed by atoms with Crippen molar-refractivity contribution in [3.63, 3.8) is 0 Å². The zero-order valence-corrected chi connectivity index (χ0v) is 9.26. The zero-order valence-electron chi connectivity index (χ0n) is 8.44. The average molecular weight is 222 g/mol. The van der Waals surface area contributed by atoms with Crippen LogP contribution in [0, 0.1) is 0 Å². The number of carbonyl (C=O) groups excluding carboxylic acids is 2. The molecule has 0 heterocycles. The topological polar surface area (TPSA) is 75.7 Å². The third kappa shape index (κ3) is 3.97. The lowest BCUT2D eigenvalue weighted by molar-refractivity contribution is -0.153. The van der Waals surface area contributed by atoms with Crippen LogP contribution in [0.5, 0.6) is 0 Å². The maximum Gasteiger partial charge on any atom is 0.371 e. The Kier molecular flexibility index (Phi) is 6.31. The molecule has 0 radical (unpaired) electrons. The lowest BCUT2D eigenvalue weighted by atomic mass is 10.4. The second-order valence-electron chi connectivity index (χ2n) is 2.38. The van der Waals surface area contributed by atoms with Crippen molar-refractivity contribution in [1.82, 2.24) is 0 Å². The van der Waals surface area contributed by atoms with E-state index in [1.165, 1.54) is 6.26 Å². The lowest BCUT2D eigenvalue weighted by Crippen LogP contribution is -2.39. The number of esters is 2. The first kappa shape index (κ1) is 13.2. The van der Waals surface area contributed by atoms with Crippen molar-refractivity contribution in [3.05, 3.63) is 0 Å². The van der Waals surface area contributed by atoms with Gasteiger partial charge in [0.2, 0.25) is 0 Å². The summed E-state index contributed by atoms with van der Waals surface area (Å²) >= 11 is -1.62. The lowest BCUT2D eigenvalue weighted by Gasteiger charge is -2.15. The summed E-state index contributed by atoms with van der Waals surface area (Å²) in [7, 11) is 0. The van der Waals surface area contributed by atoms with E-state index in [4.69, 9.17) is 0 Å². The van der Waals surface area contributed by atoms with E-state index in [2.05, 4.69) is 9.47 Å². The second kappa shape index (κ2) is 6.67. The summed E-state index contributed by atoms with van der Waals surface area (Å²) in [5.74, 6) is -1.60. The van der Waals surface area contributed by atoms with Crippen molar-refractivity contribution in [2.75, 3.05) is 19.5 Å². The summed E-state index contributed by atoms with van der Waals surface area (Å²) in [6, 6.07) is 0. The monoisotopic (exact) mass is 222 g/mol. The molecule has 0 rings (SSSR count). The van der Waals surface area contributed by atoms with E-state index in [1.807, 2.05) is 0 Å². The van der Waals surface area contributed by atoms with Crippen LogP contribution in [0.1, 0.15) is 13.8 Å². The summed E-state index contributed by atoms with van der Waals surface area (Å²) in [5, 5.41) is -1.32. The molecule has 1 atom stereocenters. The normalized spacial score (nSPS) is 12.4. The molecule has 6 heteroatoms. The van der Waals surface area contributed by atoms with Crippen molar-refractivity contribution in [2.45, 2.75) is 19.1 Å². The molecule has 0 N–H and O–H groups in total. The van der Waals surface area contributed by atoms with E-state index in [9.17, 15) is 14.1 Å². The van der Waals surface area contributed by atoms with E-state index in [1.54, 1.807) is 13.8 Å². The van der Waals surface area contributed by atoms with Gasteiger partial charge < -0.3 is 14.0 Å². The number of hydrogen-bond donors (Lipinski definition) is 0. The molecule has 0 fully saturated rings. The summed E-state index contributed by atoms with van der Waals surface area (Å²) in [6.45, 7) is 3.51. The third-order valence-electron chi connectivity index (χ3n) is 1.33. The molecule has 0 bridgehead atoms. The van der Waals surface area contributed by atoms with Crippen LogP contribution in [0.4, 0.5) is 0 Å². The van der Waals surface area contributed by atoms with Crippen molar-refractivity contribution in [1.29, 1.82) is 0 Å². The Morgan fingerprint density at radius 1 is 1.21 bits per heavy atom. The number of ether oxygens (including phenoxy) is 2. The van der Waals surface area contributed by atoms with E-state index < -0.39 is 28.4 Å². The van der Waals surface area contributed by atoms with Crippen LogP contribution < -0.4 is 0 Å². The first-order chi connectivity index (χ1) is 6.54. The first-order valence-corrected chi connectivity index (χ1v) is 5.82. The highest BCUT2D eigenvalue weighted by molar-refractivity contribution is 7.92. The molecule has 0 aromatic rings. The molecular weight excluding hydrogens is 208 g/mol. The molecule has 0 spiro atoms. The molecule has 0 amide bonds. The van der Waals surface area contributed by atoms with Crippen molar-refractivity contribution in [3.8, 4) is 0 Å². The van der Waals surface area contributed by atoms with Gasteiger partial charge in [0.25, 0.3) is 0 Å². The van der Waals surface area contributed by atoms with E-state index >= 15 is 0 Å². The molecule has 1 unspecified atom stereocenters. The zero-order chi connectivity index (χ0) is 11.1. The SMILES string of the molecule is CCOC(=O)C(C(=O)OCC)[S+](C)[O-]. The van der Waals surface area contributed by atoms with Crippen LogP contribution in [-0.2, 0) is 30.2 Å². The van der Waals surface area contributed by atoms with Crippen LogP contribution in [0.25, 0.3) is 0 Å². The quantitative estimate of drug-likeness (QED) is 0.367. The van der Waals surface area contributed by atoms with E-state index in [0.29, 0.717) is 0 Å². The Balaban J connectivity index is 4.42. The summed E-state index contributed by atoms with van der Waals surface area (Å²) in [5.41, 5.74) is 0. The fourth-order valence-electron chi connectivity index (χ4n) is 0.803. The van der Waals surface area contributed by atoms with Gasteiger partial charge in [-0.2, -0.15) is 0 Å². The molecular formula is C8H14O5S. The number of carbonyl (C=O) groups is 2. The van der Waals surface area contributed by atoms with Gasteiger partial charge in [0, 0.05) is 0 Å². The Hall–Kier alpha value is -0.750. The smallest absolute Gasteiger partial charge is 0.371 e. The van der Waals surface area contributed by atoms with Gasteiger partial charge >= 0.3 is 17.2 Å². The molecule has 5 nitrogen and oxygen atoms in total. The van der Waals surface area contributed by atoms with Crippen LogP contribution in [0.15, 0.2) is 0 Å². The molecule has 0 aliphatic heterocycles. The molecule has 0 saturated heterocycles. The minimum Gasteiger partial charge on any atom is -0.615 e. The Labute approximate surface area is 85.9 Å². The highest BCUT2D eigenvalue weighted by Gasteiger charge is 2.38. The second-order valence-corrected chi connectivity index (χ2v) is 3.85. The molecule has 0 aromatic carbocycles. The maximum absolute atomic E-state index is 11.2. The van der Waals surface area contributed by atoms with Gasteiger partial charge in [0.05, 0.1) is 19.5 Å². The maximum atomic E-state index is 11.2. The largest absolute Gasteiger partial charge is 0.615 e. The van der Waals surface area contributed by atoms with Gasteiger partial charge in [-0.05, 0) is 25.0 Å². The molecule has 0 aromatic heterocycles. The minimum absolute atomic E-state index is 0.145. The highest BCUT2D eigenvalue weighted by Crippen LogP contribution is 2.05. The summed E-state index contributed by atoms with van der Waals surface area (Å²) in [4.78, 5) is 22.4. The summed E-state index contributed by atoms with van der Waals surface area (Å²) in [6.07, 6.45) is 1.26. The van der Waals surface area contributed by atoms with Crippen LogP contribution in [-0.4, -0.2) is 41.2 Å². The molecule has 0 aliphatic carbocycles. The van der Waals surface area contributed by atoms with Gasteiger partial charge in [0.15, 0.2) is 0 Å². The molecule has 82 valence electrons. The predicted molar refractivity (Wildman–Crippen MR) is 51.1 cm³/mol. The van der Waals surface area contributed by atoms with Gasteiger partial charge in [-0.1, -0.05) is 0 Å². The fourth-order valence-corrected chi connectivity index (χ4v) is 1.48. The predicted octanol–water partition coefficient (Wildman–Crippen LogP) is -0.140. The Bertz CT molecular complexity index is 186. The molecule has 0 saturated carbocycles.